The second-order valence-corrected chi connectivity index (χ2v) is 10.3. The number of nitrogens with one attached hydrogen (secondary N) is 1. The van der Waals surface area contributed by atoms with Gasteiger partial charge < -0.3 is 25.0 Å². The zero-order valence-electron chi connectivity index (χ0n) is 22.0. The van der Waals surface area contributed by atoms with Crippen LogP contribution in [0.5, 0.6) is 0 Å². The van der Waals surface area contributed by atoms with Gasteiger partial charge in [-0.15, -0.1) is 0 Å². The maximum Gasteiger partial charge on any atom is 0.290 e. The Bertz CT molecular complexity index is 1240. The van der Waals surface area contributed by atoms with E-state index in [4.69, 9.17) is 19.7 Å². The van der Waals surface area contributed by atoms with E-state index in [-0.39, 0.29) is 24.5 Å². The van der Waals surface area contributed by atoms with E-state index in [9.17, 15) is 4.79 Å². The van der Waals surface area contributed by atoms with Crippen molar-refractivity contribution in [3.63, 3.8) is 0 Å². The maximum atomic E-state index is 13.3. The lowest BCUT2D eigenvalue weighted by atomic mass is 9.84. The van der Waals surface area contributed by atoms with Crippen molar-refractivity contribution >= 4 is 29.0 Å². The number of aryl methyl sites for hydroxylation is 1. The molecule has 0 radical (unpaired) electrons. The highest BCUT2D eigenvalue weighted by molar-refractivity contribution is 6.05. The average Bonchev–Trinajstić information content (AvgIpc) is 3.58. The summed E-state index contributed by atoms with van der Waals surface area (Å²) in [6.45, 7) is 8.37. The number of hydrogen-bond acceptors (Lipinski definition) is 6. The van der Waals surface area contributed by atoms with Crippen molar-refractivity contribution in [3.8, 4) is 0 Å². The van der Waals surface area contributed by atoms with Gasteiger partial charge in [0.1, 0.15) is 0 Å². The summed E-state index contributed by atoms with van der Waals surface area (Å²) in [5, 5.41) is 15.9. The molecule has 9 nitrogen and oxygen atoms in total. The lowest BCUT2D eigenvalue weighted by molar-refractivity contribution is -0.122. The minimum Gasteiger partial charge on any atom is -0.483 e. The fourth-order valence-electron chi connectivity index (χ4n) is 6.02. The van der Waals surface area contributed by atoms with Gasteiger partial charge >= 0.3 is 0 Å². The van der Waals surface area contributed by atoms with Gasteiger partial charge in [0, 0.05) is 43.3 Å². The number of hydrogen-bond donors (Lipinski definition) is 2. The van der Waals surface area contributed by atoms with Crippen LogP contribution in [0.25, 0.3) is 10.9 Å². The highest BCUT2D eigenvalue weighted by Crippen LogP contribution is 2.30. The van der Waals surface area contributed by atoms with E-state index in [1.54, 1.807) is 0 Å². The van der Waals surface area contributed by atoms with Crippen LogP contribution in [0.3, 0.4) is 0 Å². The van der Waals surface area contributed by atoms with Crippen LogP contribution in [0.2, 0.25) is 0 Å². The van der Waals surface area contributed by atoms with E-state index in [2.05, 4.69) is 64.5 Å². The average molecular weight is 520 g/mol. The Labute approximate surface area is 223 Å². The third-order valence-electron chi connectivity index (χ3n) is 8.06. The fraction of sp³-hybridized carbons (Fsp3) is 0.483. The number of ether oxygens (including phenoxy) is 1. The van der Waals surface area contributed by atoms with E-state index in [1.165, 1.54) is 37.2 Å². The number of piperidine rings is 3. The summed E-state index contributed by atoms with van der Waals surface area (Å²) in [5.41, 5.74) is 3.96. The Kier molecular flexibility index (Phi) is 8.24. The first kappa shape index (κ1) is 26.2. The summed E-state index contributed by atoms with van der Waals surface area (Å²) in [7, 11) is 0. The number of amides is 1. The van der Waals surface area contributed by atoms with Crippen LogP contribution in [-0.4, -0.2) is 77.0 Å². The Morgan fingerprint density at radius 1 is 1.11 bits per heavy atom. The molecule has 0 saturated carbocycles. The molecule has 1 aromatic heterocycles. The number of nitrogens with zero attached hydrogens (tertiary/aromatic N) is 4. The van der Waals surface area contributed by atoms with E-state index in [0.29, 0.717) is 18.2 Å². The van der Waals surface area contributed by atoms with Gasteiger partial charge in [0.2, 0.25) is 0 Å². The van der Waals surface area contributed by atoms with Crippen molar-refractivity contribution < 1.29 is 19.4 Å². The molecule has 4 aliphatic heterocycles. The van der Waals surface area contributed by atoms with Crippen LogP contribution in [0.15, 0.2) is 48.5 Å². The molecule has 1 unspecified atom stereocenters. The molecule has 4 aliphatic rings. The van der Waals surface area contributed by atoms with Gasteiger partial charge in [0.15, 0.2) is 5.69 Å². The Hall–Kier alpha value is -3.43. The van der Waals surface area contributed by atoms with Crippen molar-refractivity contribution in [1.82, 2.24) is 20.0 Å². The van der Waals surface area contributed by atoms with Crippen molar-refractivity contribution in [2.24, 2.45) is 5.92 Å². The predicted octanol–water partition coefficient (Wildman–Crippen LogP) is 3.38. The van der Waals surface area contributed by atoms with Crippen LogP contribution in [-0.2, 0) is 22.7 Å². The molecule has 2 atom stereocenters. The van der Waals surface area contributed by atoms with Crippen molar-refractivity contribution in [3.05, 3.63) is 59.8 Å². The minimum atomic E-state index is -0.250. The molecule has 38 heavy (non-hydrogen) atoms. The molecule has 2 bridgehead atoms. The number of anilines is 1. The third-order valence-corrected chi connectivity index (χ3v) is 8.06. The van der Waals surface area contributed by atoms with E-state index in [1.807, 2.05) is 10.7 Å². The van der Waals surface area contributed by atoms with Crippen molar-refractivity contribution in [1.29, 1.82) is 0 Å². The van der Waals surface area contributed by atoms with E-state index < -0.39 is 0 Å². The van der Waals surface area contributed by atoms with Crippen LogP contribution in [0.1, 0.15) is 42.2 Å². The molecule has 0 aliphatic carbocycles. The summed E-state index contributed by atoms with van der Waals surface area (Å²) in [5.74, 6) is 0.562. The summed E-state index contributed by atoms with van der Waals surface area (Å²) < 4.78 is 8.15. The minimum absolute atomic E-state index is 0.0377. The van der Waals surface area contributed by atoms with Gasteiger partial charge in [-0.2, -0.15) is 5.10 Å². The molecule has 0 spiro atoms. The first-order valence-corrected chi connectivity index (χ1v) is 13.6. The molecule has 3 aromatic rings. The zero-order valence-corrected chi connectivity index (χ0v) is 22.0. The topological polar surface area (TPSA) is 99.9 Å². The maximum absolute atomic E-state index is 13.3. The first-order valence-electron chi connectivity index (χ1n) is 13.6. The number of rotatable bonds is 7. The van der Waals surface area contributed by atoms with Gasteiger partial charge in [0.25, 0.3) is 12.4 Å². The van der Waals surface area contributed by atoms with Crippen LogP contribution in [0.4, 0.5) is 5.69 Å². The highest BCUT2D eigenvalue weighted by Gasteiger charge is 2.35. The van der Waals surface area contributed by atoms with Crippen LogP contribution in [0, 0.1) is 5.92 Å². The van der Waals surface area contributed by atoms with Gasteiger partial charge in [-0.25, -0.2) is 0 Å². The molecule has 2 N–H and O–H groups in total. The highest BCUT2D eigenvalue weighted by atomic mass is 16.5. The molecule has 5 heterocycles. The molecule has 4 fully saturated rings. The van der Waals surface area contributed by atoms with E-state index in [0.717, 1.165) is 43.5 Å². The smallest absolute Gasteiger partial charge is 0.290 e. The summed E-state index contributed by atoms with van der Waals surface area (Å²) in [6, 6.07) is 17.0. The van der Waals surface area contributed by atoms with Gasteiger partial charge in [-0.3, -0.25) is 14.3 Å². The molecule has 1 amide bonds. The molecule has 4 saturated heterocycles. The second-order valence-electron chi connectivity index (χ2n) is 10.3. The summed E-state index contributed by atoms with van der Waals surface area (Å²) >= 11 is 0. The van der Waals surface area contributed by atoms with Crippen molar-refractivity contribution in [2.75, 3.05) is 37.6 Å². The standard InChI is InChI=1S/C28H35N5O2.CH2O2/c1-2-33-26-16-22(32-15-12-23(17-32)35-19-20-6-4-3-5-7-20)8-9-24(26)27(30-33)28(34)29-25-18-31-13-10-21(25)11-14-31;2-1-3/h3-9,16,21,23,25H,2,10-15,17-19H2,1H3,(H,29,34);1H,(H,2,3)/t23?,25-;/m1./s1. The normalized spacial score (nSPS) is 24.2. The molecule has 7 rings (SSSR count). The molecular weight excluding hydrogens is 482 g/mol. The number of fused-ring (bicyclic) bond motifs is 4. The Balaban J connectivity index is 0.000000937. The van der Waals surface area contributed by atoms with Crippen molar-refractivity contribution in [2.45, 2.75) is 51.5 Å². The monoisotopic (exact) mass is 519 g/mol. The van der Waals surface area contributed by atoms with Crippen LogP contribution >= 0.6 is 0 Å². The van der Waals surface area contributed by atoms with Gasteiger partial charge in [-0.1, -0.05) is 30.3 Å². The van der Waals surface area contributed by atoms with Crippen LogP contribution < -0.4 is 10.2 Å². The lowest BCUT2D eigenvalue weighted by Crippen LogP contribution is -2.57. The van der Waals surface area contributed by atoms with Gasteiger partial charge in [0.05, 0.1) is 18.2 Å². The van der Waals surface area contributed by atoms with E-state index >= 15 is 0 Å². The number of aromatic nitrogens is 2. The number of benzene rings is 2. The molecular formula is C29H37N5O4. The number of carboxylic acid groups (broad SMARTS) is 1. The van der Waals surface area contributed by atoms with Gasteiger partial charge in [-0.05, 0) is 69.0 Å². The number of carbonyl (C=O) groups is 2. The zero-order chi connectivity index (χ0) is 26.5. The predicted molar refractivity (Wildman–Crippen MR) is 146 cm³/mol. The Morgan fingerprint density at radius 2 is 1.87 bits per heavy atom. The fourth-order valence-corrected chi connectivity index (χ4v) is 6.02. The largest absolute Gasteiger partial charge is 0.483 e. The number of carbonyl (C=O) groups excluding carboxylic acids is 1. The molecule has 9 heteroatoms. The SMILES string of the molecule is CCn1nc(C(=O)N[C@@H]2CN3CCC2CC3)c2ccc(N3CCC(OCc4ccccc4)C3)cc21.O=CO. The Morgan fingerprint density at radius 3 is 2.55 bits per heavy atom. The first-order chi connectivity index (χ1) is 18.6. The summed E-state index contributed by atoms with van der Waals surface area (Å²) in [4.78, 5) is 26.5. The molecule has 202 valence electrons. The quantitative estimate of drug-likeness (QED) is 0.462. The third kappa shape index (κ3) is 5.68. The lowest BCUT2D eigenvalue weighted by Gasteiger charge is -2.44. The summed E-state index contributed by atoms with van der Waals surface area (Å²) in [6.07, 6.45) is 3.62. The molecule has 2 aromatic carbocycles. The second kappa shape index (κ2) is 12.0.